The molecule has 4 N–H and O–H groups in total. The lowest BCUT2D eigenvalue weighted by Crippen LogP contribution is -2.59. The number of rotatable bonds is 10. The topological polar surface area (TPSA) is 151 Å². The molecule has 0 unspecified atom stereocenters. The van der Waals surface area contributed by atoms with E-state index < -0.39 is 54.5 Å². The Morgan fingerprint density at radius 2 is 1.08 bits per heavy atom. The van der Waals surface area contributed by atoms with Gasteiger partial charge in [0, 0.05) is 0 Å². The minimum Gasteiger partial charge on any atom is -0.425 e. The van der Waals surface area contributed by atoms with Crippen molar-refractivity contribution in [1.82, 2.24) is 10.6 Å². The van der Waals surface area contributed by atoms with E-state index in [1.54, 1.807) is 60.7 Å². The molecule has 2 aromatic rings. The highest BCUT2D eigenvalue weighted by atomic mass is 16.5. The second-order valence-corrected chi connectivity index (χ2v) is 8.53. The summed E-state index contributed by atoms with van der Waals surface area (Å²) in [7, 11) is 0. The van der Waals surface area contributed by atoms with Crippen molar-refractivity contribution in [2.75, 3.05) is 13.2 Å². The minimum atomic E-state index is -1.60. The van der Waals surface area contributed by atoms with E-state index in [-0.39, 0.29) is 24.3 Å². The zero-order valence-electron chi connectivity index (χ0n) is 19.7. The molecule has 192 valence electrons. The van der Waals surface area contributed by atoms with Crippen molar-refractivity contribution in [2.45, 2.75) is 44.2 Å². The quantitative estimate of drug-likeness (QED) is 0.216. The molecule has 36 heavy (non-hydrogen) atoms. The van der Waals surface area contributed by atoms with Crippen molar-refractivity contribution in [3.05, 3.63) is 60.7 Å². The first-order chi connectivity index (χ1) is 17.4. The standard InChI is InChI=1S/C26H30N2O8/c29-16-20(22(31)35-18-10-4-1-5-11-18)27-24(33)26(14-8-3-9-15-26)25(34)28-21(17-30)23(32)36-19-12-6-2-7-13-19/h1-2,4-7,10-13,20-21,29-30H,3,8-9,14-17H2,(H,27,33)(H,28,34)/t20-,21-/m1/s1. The van der Waals surface area contributed by atoms with Crippen molar-refractivity contribution in [3.8, 4) is 11.5 Å². The van der Waals surface area contributed by atoms with Crippen LogP contribution in [0.25, 0.3) is 0 Å². The van der Waals surface area contributed by atoms with Crippen LogP contribution in [0.3, 0.4) is 0 Å². The first-order valence-electron chi connectivity index (χ1n) is 11.8. The van der Waals surface area contributed by atoms with E-state index in [1.807, 2.05) is 0 Å². The maximum atomic E-state index is 13.3. The van der Waals surface area contributed by atoms with Gasteiger partial charge >= 0.3 is 11.9 Å². The molecular weight excluding hydrogens is 468 g/mol. The van der Waals surface area contributed by atoms with Crippen LogP contribution in [-0.4, -0.2) is 59.3 Å². The van der Waals surface area contributed by atoms with Crippen LogP contribution in [0.4, 0.5) is 0 Å². The Bertz CT molecular complexity index is 961. The molecule has 0 radical (unpaired) electrons. The molecule has 10 nitrogen and oxygen atoms in total. The number of aliphatic hydroxyl groups excluding tert-OH is 2. The fourth-order valence-corrected chi connectivity index (χ4v) is 4.02. The van der Waals surface area contributed by atoms with Crippen LogP contribution >= 0.6 is 0 Å². The smallest absolute Gasteiger partial charge is 0.336 e. The van der Waals surface area contributed by atoms with E-state index in [4.69, 9.17) is 9.47 Å². The summed E-state index contributed by atoms with van der Waals surface area (Å²) in [4.78, 5) is 51.8. The van der Waals surface area contributed by atoms with Crippen molar-refractivity contribution in [2.24, 2.45) is 5.41 Å². The number of carbonyl (C=O) groups excluding carboxylic acids is 4. The normalized spacial score (nSPS) is 16.2. The highest BCUT2D eigenvalue weighted by molar-refractivity contribution is 6.07. The van der Waals surface area contributed by atoms with Gasteiger partial charge in [0.05, 0.1) is 13.2 Å². The van der Waals surface area contributed by atoms with Crippen LogP contribution in [0.5, 0.6) is 11.5 Å². The monoisotopic (exact) mass is 498 g/mol. The molecule has 0 saturated heterocycles. The highest BCUT2D eigenvalue weighted by Gasteiger charge is 2.48. The first kappa shape index (κ1) is 26.8. The van der Waals surface area contributed by atoms with Gasteiger partial charge in [0.2, 0.25) is 11.8 Å². The zero-order valence-corrected chi connectivity index (χ0v) is 19.7. The predicted octanol–water partition coefficient (Wildman–Crippen LogP) is 1.10. The summed E-state index contributed by atoms with van der Waals surface area (Å²) in [6.45, 7) is -1.48. The summed E-state index contributed by atoms with van der Waals surface area (Å²) in [5.74, 6) is -2.83. The van der Waals surface area contributed by atoms with Crippen molar-refractivity contribution < 1.29 is 38.9 Å². The predicted molar refractivity (Wildman–Crippen MR) is 128 cm³/mol. The Morgan fingerprint density at radius 1 is 0.694 bits per heavy atom. The molecule has 1 fully saturated rings. The molecule has 1 aliphatic carbocycles. The Kier molecular flexibility index (Phi) is 9.54. The number of ether oxygens (including phenoxy) is 2. The lowest BCUT2D eigenvalue weighted by molar-refractivity contribution is -0.152. The molecule has 2 atom stereocenters. The van der Waals surface area contributed by atoms with E-state index in [9.17, 15) is 29.4 Å². The number of benzene rings is 2. The van der Waals surface area contributed by atoms with Gasteiger partial charge in [0.15, 0.2) is 12.1 Å². The third-order valence-electron chi connectivity index (χ3n) is 6.04. The molecule has 10 heteroatoms. The molecule has 1 aliphatic rings. The average Bonchev–Trinajstić information content (AvgIpc) is 2.91. The van der Waals surface area contributed by atoms with Crippen LogP contribution in [0.15, 0.2) is 60.7 Å². The maximum Gasteiger partial charge on any atom is 0.336 e. The van der Waals surface area contributed by atoms with Crippen molar-refractivity contribution >= 4 is 23.8 Å². The first-order valence-corrected chi connectivity index (χ1v) is 11.8. The molecule has 0 spiro atoms. The summed E-state index contributed by atoms with van der Waals surface area (Å²) >= 11 is 0. The third-order valence-corrected chi connectivity index (χ3v) is 6.04. The molecule has 0 aliphatic heterocycles. The summed E-state index contributed by atoms with van der Waals surface area (Å²) < 4.78 is 10.4. The van der Waals surface area contributed by atoms with Gasteiger partial charge in [-0.25, -0.2) is 9.59 Å². The van der Waals surface area contributed by atoms with Gasteiger partial charge in [0.1, 0.15) is 16.9 Å². The van der Waals surface area contributed by atoms with Gasteiger partial charge in [-0.1, -0.05) is 55.7 Å². The van der Waals surface area contributed by atoms with Crippen LogP contribution in [0, 0.1) is 5.41 Å². The number of aliphatic hydroxyl groups is 2. The SMILES string of the molecule is O=C(Oc1ccccc1)[C@@H](CO)NC(=O)C1(C(=O)N[C@H](CO)C(=O)Oc2ccccc2)CCCCC1. The molecule has 0 heterocycles. The molecule has 3 rings (SSSR count). The Morgan fingerprint density at radius 3 is 1.44 bits per heavy atom. The summed E-state index contributed by atoms with van der Waals surface area (Å²) in [5, 5.41) is 24.3. The van der Waals surface area contributed by atoms with Gasteiger partial charge < -0.3 is 30.3 Å². The number of hydrogen-bond donors (Lipinski definition) is 4. The number of nitrogens with one attached hydrogen (secondary N) is 2. The summed E-state index contributed by atoms with van der Waals surface area (Å²) in [5.41, 5.74) is -1.60. The van der Waals surface area contributed by atoms with E-state index in [0.717, 1.165) is 6.42 Å². The molecule has 0 aromatic heterocycles. The Balaban J connectivity index is 1.71. The van der Waals surface area contributed by atoms with Gasteiger partial charge in [-0.15, -0.1) is 0 Å². The van der Waals surface area contributed by atoms with Crippen LogP contribution in [0.2, 0.25) is 0 Å². The number of hydrogen-bond acceptors (Lipinski definition) is 8. The van der Waals surface area contributed by atoms with E-state index >= 15 is 0 Å². The molecule has 1 saturated carbocycles. The number of amides is 2. The molecule has 2 aromatic carbocycles. The second kappa shape index (κ2) is 12.8. The lowest BCUT2D eigenvalue weighted by atomic mass is 9.72. The van der Waals surface area contributed by atoms with E-state index in [2.05, 4.69) is 10.6 Å². The van der Waals surface area contributed by atoms with E-state index in [0.29, 0.717) is 12.8 Å². The number of para-hydroxylation sites is 2. The highest BCUT2D eigenvalue weighted by Crippen LogP contribution is 2.37. The second-order valence-electron chi connectivity index (χ2n) is 8.53. The zero-order chi connectivity index (χ0) is 26.0. The van der Waals surface area contributed by atoms with Gasteiger partial charge in [0.25, 0.3) is 0 Å². The van der Waals surface area contributed by atoms with Gasteiger partial charge in [-0.05, 0) is 37.1 Å². The lowest BCUT2D eigenvalue weighted by Gasteiger charge is -2.36. The molecular formula is C26H30N2O8. The van der Waals surface area contributed by atoms with Crippen molar-refractivity contribution in [3.63, 3.8) is 0 Å². The fraction of sp³-hybridized carbons (Fsp3) is 0.385. The van der Waals surface area contributed by atoms with E-state index in [1.165, 1.54) is 0 Å². The fourth-order valence-electron chi connectivity index (χ4n) is 4.02. The van der Waals surface area contributed by atoms with Gasteiger partial charge in [-0.2, -0.15) is 0 Å². The maximum absolute atomic E-state index is 13.3. The number of esters is 2. The Labute approximate surface area is 208 Å². The minimum absolute atomic E-state index is 0.169. The largest absolute Gasteiger partial charge is 0.425 e. The van der Waals surface area contributed by atoms with Crippen LogP contribution < -0.4 is 20.1 Å². The average molecular weight is 499 g/mol. The molecule has 2 amide bonds. The molecule has 0 bridgehead atoms. The summed E-state index contributed by atoms with van der Waals surface area (Å²) in [6.07, 6.45) is 2.28. The van der Waals surface area contributed by atoms with Gasteiger partial charge in [-0.3, -0.25) is 9.59 Å². The third kappa shape index (κ3) is 6.67. The van der Waals surface area contributed by atoms with Crippen LogP contribution in [0.1, 0.15) is 32.1 Å². The Hall–Kier alpha value is -3.76. The van der Waals surface area contributed by atoms with Crippen LogP contribution in [-0.2, 0) is 19.2 Å². The number of carbonyl (C=O) groups is 4. The van der Waals surface area contributed by atoms with Crippen molar-refractivity contribution in [1.29, 1.82) is 0 Å². The summed E-state index contributed by atoms with van der Waals surface area (Å²) in [6, 6.07) is 13.5.